The van der Waals surface area contributed by atoms with E-state index in [1.165, 1.54) is 11.3 Å². The number of halogens is 1. The van der Waals surface area contributed by atoms with Crippen LogP contribution in [0.4, 0.5) is 5.69 Å². The van der Waals surface area contributed by atoms with Gasteiger partial charge in [-0.05, 0) is 30.5 Å². The number of benzene rings is 1. The standard InChI is InChI=1S/C16H25BrN2O2/c1-19(14-5-8-21-9-6-14)15-4-3-13(16(17)11-15)12-18-7-10-20-2/h3-4,11,14,18H,5-10,12H2,1-2H3. The maximum Gasteiger partial charge on any atom is 0.0587 e. The van der Waals surface area contributed by atoms with E-state index >= 15 is 0 Å². The Labute approximate surface area is 135 Å². The molecule has 1 aromatic carbocycles. The van der Waals surface area contributed by atoms with E-state index in [4.69, 9.17) is 9.47 Å². The van der Waals surface area contributed by atoms with Gasteiger partial charge in [-0.25, -0.2) is 0 Å². The van der Waals surface area contributed by atoms with Crippen molar-refractivity contribution >= 4 is 21.6 Å². The summed E-state index contributed by atoms with van der Waals surface area (Å²) in [5.74, 6) is 0. The van der Waals surface area contributed by atoms with Crippen molar-refractivity contribution in [1.82, 2.24) is 5.32 Å². The predicted octanol–water partition coefficient (Wildman–Crippen LogP) is 2.80. The van der Waals surface area contributed by atoms with Crippen LogP contribution in [-0.2, 0) is 16.0 Å². The van der Waals surface area contributed by atoms with Crippen molar-refractivity contribution in [1.29, 1.82) is 0 Å². The summed E-state index contributed by atoms with van der Waals surface area (Å²) in [4.78, 5) is 2.37. The zero-order valence-corrected chi connectivity index (χ0v) is 14.5. The molecule has 1 aromatic rings. The molecule has 1 N–H and O–H groups in total. The molecular weight excluding hydrogens is 332 g/mol. The van der Waals surface area contributed by atoms with Crippen LogP contribution in [0.5, 0.6) is 0 Å². The third-order valence-corrected chi connectivity index (χ3v) is 4.72. The van der Waals surface area contributed by atoms with Gasteiger partial charge in [-0.1, -0.05) is 22.0 Å². The number of anilines is 1. The molecule has 0 bridgehead atoms. The molecule has 0 aliphatic carbocycles. The van der Waals surface area contributed by atoms with Crippen molar-refractivity contribution in [2.75, 3.05) is 45.4 Å². The van der Waals surface area contributed by atoms with Crippen molar-refractivity contribution in [2.24, 2.45) is 0 Å². The summed E-state index contributed by atoms with van der Waals surface area (Å²) < 4.78 is 11.6. The first-order valence-electron chi connectivity index (χ1n) is 7.51. The molecule has 1 fully saturated rings. The Hall–Kier alpha value is -0.620. The predicted molar refractivity (Wildman–Crippen MR) is 90.0 cm³/mol. The van der Waals surface area contributed by atoms with Gasteiger partial charge in [-0.3, -0.25) is 0 Å². The first-order valence-corrected chi connectivity index (χ1v) is 8.30. The van der Waals surface area contributed by atoms with E-state index in [1.807, 2.05) is 0 Å². The molecule has 21 heavy (non-hydrogen) atoms. The van der Waals surface area contributed by atoms with E-state index in [9.17, 15) is 0 Å². The third-order valence-electron chi connectivity index (χ3n) is 3.98. The fourth-order valence-corrected chi connectivity index (χ4v) is 3.09. The number of nitrogens with zero attached hydrogens (tertiary/aromatic N) is 1. The minimum absolute atomic E-state index is 0.580. The minimum atomic E-state index is 0.580. The fourth-order valence-electron chi connectivity index (χ4n) is 2.58. The quantitative estimate of drug-likeness (QED) is 0.761. The maximum atomic E-state index is 5.44. The van der Waals surface area contributed by atoms with Crippen LogP contribution < -0.4 is 10.2 Å². The lowest BCUT2D eigenvalue weighted by Crippen LogP contribution is -2.36. The lowest BCUT2D eigenvalue weighted by Gasteiger charge is -2.33. The Morgan fingerprint density at radius 1 is 1.38 bits per heavy atom. The number of ether oxygens (including phenoxy) is 2. The molecule has 4 nitrogen and oxygen atoms in total. The Morgan fingerprint density at radius 2 is 2.14 bits per heavy atom. The van der Waals surface area contributed by atoms with E-state index in [0.717, 1.165) is 50.2 Å². The van der Waals surface area contributed by atoms with Crippen molar-refractivity contribution in [3.8, 4) is 0 Å². The first-order chi connectivity index (χ1) is 10.2. The van der Waals surface area contributed by atoms with E-state index in [2.05, 4.69) is 51.4 Å². The largest absolute Gasteiger partial charge is 0.383 e. The van der Waals surface area contributed by atoms with Crippen molar-refractivity contribution in [2.45, 2.75) is 25.4 Å². The Balaban J connectivity index is 1.94. The number of methoxy groups -OCH3 is 1. The molecule has 1 saturated heterocycles. The highest BCUT2D eigenvalue weighted by molar-refractivity contribution is 9.10. The highest BCUT2D eigenvalue weighted by atomic mass is 79.9. The zero-order chi connectivity index (χ0) is 15.1. The third kappa shape index (κ3) is 4.95. The van der Waals surface area contributed by atoms with Gasteiger partial charge >= 0.3 is 0 Å². The van der Waals surface area contributed by atoms with Crippen molar-refractivity contribution in [3.63, 3.8) is 0 Å². The van der Waals surface area contributed by atoms with Gasteiger partial charge in [0, 0.05) is 56.7 Å². The van der Waals surface area contributed by atoms with E-state index in [0.29, 0.717) is 6.04 Å². The molecule has 0 atom stereocenters. The maximum absolute atomic E-state index is 5.44. The smallest absolute Gasteiger partial charge is 0.0587 e. The van der Waals surface area contributed by atoms with Crippen molar-refractivity contribution < 1.29 is 9.47 Å². The average Bonchev–Trinajstić information content (AvgIpc) is 2.53. The molecule has 118 valence electrons. The van der Waals surface area contributed by atoms with E-state index in [-0.39, 0.29) is 0 Å². The minimum Gasteiger partial charge on any atom is -0.383 e. The summed E-state index contributed by atoms with van der Waals surface area (Å²) in [7, 11) is 3.90. The molecular formula is C16H25BrN2O2. The summed E-state index contributed by atoms with van der Waals surface area (Å²) in [6.45, 7) is 4.20. The van der Waals surface area contributed by atoms with Gasteiger partial charge < -0.3 is 19.7 Å². The Bertz CT molecular complexity index is 436. The molecule has 0 spiro atoms. The SMILES string of the molecule is COCCNCc1ccc(N(C)C2CCOCC2)cc1Br. The van der Waals surface area contributed by atoms with E-state index < -0.39 is 0 Å². The number of hydrogen-bond donors (Lipinski definition) is 1. The number of hydrogen-bond acceptors (Lipinski definition) is 4. The highest BCUT2D eigenvalue weighted by Gasteiger charge is 2.19. The van der Waals surface area contributed by atoms with Gasteiger partial charge in [0.1, 0.15) is 0 Å². The van der Waals surface area contributed by atoms with Crippen molar-refractivity contribution in [3.05, 3.63) is 28.2 Å². The monoisotopic (exact) mass is 356 g/mol. The van der Waals surface area contributed by atoms with Crippen LogP contribution in [0.3, 0.4) is 0 Å². The topological polar surface area (TPSA) is 33.7 Å². The van der Waals surface area contributed by atoms with Crippen LogP contribution in [0, 0.1) is 0 Å². The zero-order valence-electron chi connectivity index (χ0n) is 12.9. The van der Waals surface area contributed by atoms with Gasteiger partial charge in [0.2, 0.25) is 0 Å². The summed E-state index contributed by atoms with van der Waals surface area (Å²) in [6.07, 6.45) is 2.21. The summed E-state index contributed by atoms with van der Waals surface area (Å²) in [5.41, 5.74) is 2.53. The molecule has 0 unspecified atom stereocenters. The molecule has 1 aliphatic rings. The Morgan fingerprint density at radius 3 is 2.81 bits per heavy atom. The molecule has 0 saturated carbocycles. The highest BCUT2D eigenvalue weighted by Crippen LogP contribution is 2.27. The first kappa shape index (κ1) is 16.7. The number of nitrogens with one attached hydrogen (secondary N) is 1. The second kappa shape index (κ2) is 8.73. The van der Waals surface area contributed by atoms with Crippen LogP contribution in [0.25, 0.3) is 0 Å². The van der Waals surface area contributed by atoms with Crippen LogP contribution >= 0.6 is 15.9 Å². The summed E-state index contributed by atoms with van der Waals surface area (Å²) in [5, 5.41) is 3.37. The van der Waals surface area contributed by atoms with Gasteiger partial charge in [-0.15, -0.1) is 0 Å². The van der Waals surface area contributed by atoms with Gasteiger partial charge in [-0.2, -0.15) is 0 Å². The van der Waals surface area contributed by atoms with Crippen LogP contribution in [0.2, 0.25) is 0 Å². The second-order valence-corrected chi connectivity index (χ2v) is 6.25. The van der Waals surface area contributed by atoms with E-state index in [1.54, 1.807) is 7.11 Å². The molecule has 0 radical (unpaired) electrons. The van der Waals surface area contributed by atoms with Gasteiger partial charge in [0.25, 0.3) is 0 Å². The molecule has 2 rings (SSSR count). The average molecular weight is 357 g/mol. The molecule has 5 heteroatoms. The second-order valence-electron chi connectivity index (χ2n) is 5.40. The van der Waals surface area contributed by atoms with Gasteiger partial charge in [0.05, 0.1) is 6.61 Å². The van der Waals surface area contributed by atoms with Crippen LogP contribution in [0.15, 0.2) is 22.7 Å². The summed E-state index contributed by atoms with van der Waals surface area (Å²) in [6, 6.07) is 7.18. The van der Waals surface area contributed by atoms with Crippen LogP contribution in [0.1, 0.15) is 18.4 Å². The van der Waals surface area contributed by atoms with Gasteiger partial charge in [0.15, 0.2) is 0 Å². The summed E-state index contributed by atoms with van der Waals surface area (Å²) >= 11 is 3.69. The normalized spacial score (nSPS) is 16.1. The Kier molecular flexibility index (Phi) is 6.96. The molecule has 0 aromatic heterocycles. The molecule has 1 heterocycles. The fraction of sp³-hybridized carbons (Fsp3) is 0.625. The lowest BCUT2D eigenvalue weighted by atomic mass is 10.1. The lowest BCUT2D eigenvalue weighted by molar-refractivity contribution is 0.0855. The molecule has 0 amide bonds. The molecule has 1 aliphatic heterocycles. The number of rotatable bonds is 7. The van der Waals surface area contributed by atoms with Crippen LogP contribution in [-0.4, -0.2) is 46.6 Å².